The normalized spacial score (nSPS) is 12.4. The molecule has 3 aromatic rings. The Labute approximate surface area is 178 Å². The van der Waals surface area contributed by atoms with E-state index in [0.717, 1.165) is 22.4 Å². The van der Waals surface area contributed by atoms with Crippen LogP contribution in [-0.2, 0) is 11.2 Å². The van der Waals surface area contributed by atoms with E-state index in [1.807, 2.05) is 47.8 Å². The van der Waals surface area contributed by atoms with Gasteiger partial charge in [-0.15, -0.1) is 11.3 Å². The molecule has 2 aromatic carbocycles. The molecule has 146 valence electrons. The van der Waals surface area contributed by atoms with E-state index >= 15 is 0 Å². The van der Waals surface area contributed by atoms with E-state index in [1.165, 1.54) is 0 Å². The summed E-state index contributed by atoms with van der Waals surface area (Å²) in [6.07, 6.45) is 0.980. The van der Waals surface area contributed by atoms with Crippen LogP contribution in [0.25, 0.3) is 0 Å². The lowest BCUT2D eigenvalue weighted by Gasteiger charge is -2.12. The quantitative estimate of drug-likeness (QED) is 0.593. The summed E-state index contributed by atoms with van der Waals surface area (Å²) >= 11 is 7.91. The maximum absolute atomic E-state index is 12.5. The van der Waals surface area contributed by atoms with Crippen molar-refractivity contribution in [2.24, 2.45) is 0 Å². The van der Waals surface area contributed by atoms with E-state index in [0.29, 0.717) is 35.4 Å². The number of nitrogens with one attached hydrogen (secondary N) is 1. The average Bonchev–Trinajstić information content (AvgIpc) is 3.10. The van der Waals surface area contributed by atoms with Crippen LogP contribution in [0.1, 0.15) is 22.4 Å². The van der Waals surface area contributed by atoms with Crippen molar-refractivity contribution in [3.63, 3.8) is 0 Å². The number of benzene rings is 2. The van der Waals surface area contributed by atoms with E-state index in [9.17, 15) is 4.79 Å². The van der Waals surface area contributed by atoms with Crippen molar-refractivity contribution in [2.75, 3.05) is 18.5 Å². The second-order valence-electron chi connectivity index (χ2n) is 6.49. The molecule has 0 radical (unpaired) electrons. The third-order valence-electron chi connectivity index (χ3n) is 4.22. The fraction of sp³-hybridized carbons (Fsp3) is 0.174. The van der Waals surface area contributed by atoms with Crippen molar-refractivity contribution in [3.8, 4) is 23.3 Å². The van der Waals surface area contributed by atoms with Crippen molar-refractivity contribution >= 4 is 34.5 Å². The van der Waals surface area contributed by atoms with Gasteiger partial charge in [0, 0.05) is 17.7 Å². The Morgan fingerprint density at radius 1 is 1.10 bits per heavy atom. The number of fused-ring (bicyclic) bond motifs is 1. The van der Waals surface area contributed by atoms with Gasteiger partial charge in [0.25, 0.3) is 0 Å². The lowest BCUT2D eigenvalue weighted by Crippen LogP contribution is -2.14. The Balaban J connectivity index is 1.44. The van der Waals surface area contributed by atoms with Gasteiger partial charge in [-0.05, 0) is 47.3 Å². The molecule has 4 nitrogen and oxygen atoms in total. The summed E-state index contributed by atoms with van der Waals surface area (Å²) in [6.45, 7) is 1.14. The molecule has 2 heterocycles. The zero-order chi connectivity index (χ0) is 20.1. The maximum atomic E-state index is 12.5. The number of amides is 1. The molecule has 29 heavy (non-hydrogen) atoms. The van der Waals surface area contributed by atoms with Gasteiger partial charge in [-0.25, -0.2) is 0 Å². The summed E-state index contributed by atoms with van der Waals surface area (Å²) in [5.74, 6) is 7.23. The molecule has 1 N–H and O–H groups in total. The first-order valence-electron chi connectivity index (χ1n) is 9.21. The fourth-order valence-electron chi connectivity index (χ4n) is 2.93. The van der Waals surface area contributed by atoms with Gasteiger partial charge < -0.3 is 14.8 Å². The molecule has 1 aliphatic heterocycles. The summed E-state index contributed by atoms with van der Waals surface area (Å²) in [7, 11) is 0. The highest BCUT2D eigenvalue weighted by Crippen LogP contribution is 2.38. The Kier molecular flexibility index (Phi) is 6.04. The van der Waals surface area contributed by atoms with Crippen LogP contribution in [0.3, 0.4) is 0 Å². The molecule has 4 rings (SSSR count). The molecule has 6 heteroatoms. The van der Waals surface area contributed by atoms with E-state index in [2.05, 4.69) is 17.2 Å². The molecule has 0 aliphatic carbocycles. The minimum atomic E-state index is -0.140. The van der Waals surface area contributed by atoms with Crippen LogP contribution >= 0.6 is 22.9 Å². The third-order valence-corrected chi connectivity index (χ3v) is 5.29. The Morgan fingerprint density at radius 3 is 2.86 bits per heavy atom. The number of hydrogen-bond acceptors (Lipinski definition) is 4. The largest absolute Gasteiger partial charge is 0.489 e. The van der Waals surface area contributed by atoms with Crippen molar-refractivity contribution in [1.29, 1.82) is 0 Å². The Morgan fingerprint density at radius 2 is 2.00 bits per heavy atom. The smallest absolute Gasteiger partial charge is 0.228 e. The highest BCUT2D eigenvalue weighted by molar-refractivity contribution is 7.10. The molecule has 1 aliphatic rings. The number of anilines is 1. The van der Waals surface area contributed by atoms with E-state index in [1.54, 1.807) is 17.4 Å². The Hall–Kier alpha value is -2.94. The van der Waals surface area contributed by atoms with E-state index in [-0.39, 0.29) is 12.3 Å². The first-order chi connectivity index (χ1) is 14.2. The first kappa shape index (κ1) is 19.4. The minimum Gasteiger partial charge on any atom is -0.489 e. The number of hydrogen-bond donors (Lipinski definition) is 1. The summed E-state index contributed by atoms with van der Waals surface area (Å²) in [5, 5.41) is 5.37. The van der Waals surface area contributed by atoms with Crippen LogP contribution in [-0.4, -0.2) is 19.1 Å². The van der Waals surface area contributed by atoms with Gasteiger partial charge in [0.05, 0.1) is 29.5 Å². The van der Waals surface area contributed by atoms with Gasteiger partial charge in [-0.2, -0.15) is 0 Å². The first-order valence-corrected chi connectivity index (χ1v) is 10.5. The molecule has 1 aromatic heterocycles. The standard InChI is InChI=1S/C23H18ClNO3S/c24-20-13-17(14-21-23(20)28-10-3-9-27-21)15-22(26)25-18-5-1-4-16(12-18)7-8-19-6-2-11-29-19/h1-2,4-6,11-14H,3,9-10,15H2,(H,25,26). The number of rotatable bonds is 3. The molecular weight excluding hydrogens is 406 g/mol. The number of carbonyl (C=O) groups excluding carboxylic acids is 1. The van der Waals surface area contributed by atoms with Crippen LogP contribution in [0.2, 0.25) is 5.02 Å². The monoisotopic (exact) mass is 423 g/mol. The van der Waals surface area contributed by atoms with Gasteiger partial charge >= 0.3 is 0 Å². The van der Waals surface area contributed by atoms with E-state index < -0.39 is 0 Å². The lowest BCUT2D eigenvalue weighted by atomic mass is 10.1. The van der Waals surface area contributed by atoms with Gasteiger partial charge in [-0.3, -0.25) is 4.79 Å². The molecule has 0 bridgehead atoms. The van der Waals surface area contributed by atoms with Gasteiger partial charge in [-0.1, -0.05) is 35.6 Å². The summed E-state index contributed by atoms with van der Waals surface area (Å²) < 4.78 is 11.3. The van der Waals surface area contributed by atoms with Crippen molar-refractivity contribution in [3.05, 3.63) is 74.9 Å². The number of ether oxygens (including phenoxy) is 2. The Bertz CT molecular complexity index is 1080. The minimum absolute atomic E-state index is 0.140. The zero-order valence-corrected chi connectivity index (χ0v) is 17.1. The highest BCUT2D eigenvalue weighted by Gasteiger charge is 2.17. The van der Waals surface area contributed by atoms with Crippen LogP contribution < -0.4 is 14.8 Å². The van der Waals surface area contributed by atoms with Crippen LogP contribution in [0.4, 0.5) is 5.69 Å². The van der Waals surface area contributed by atoms with Gasteiger partial charge in [0.15, 0.2) is 11.5 Å². The SMILES string of the molecule is O=C(Cc1cc(Cl)c2c(c1)OCCCO2)Nc1cccc(C#Cc2cccs2)c1. The molecule has 0 saturated carbocycles. The molecule has 0 unspecified atom stereocenters. The predicted molar refractivity (Wildman–Crippen MR) is 116 cm³/mol. The maximum Gasteiger partial charge on any atom is 0.228 e. The van der Waals surface area contributed by atoms with Gasteiger partial charge in [0.2, 0.25) is 5.91 Å². The second-order valence-corrected chi connectivity index (χ2v) is 7.84. The van der Waals surface area contributed by atoms with Crippen molar-refractivity contribution in [1.82, 2.24) is 0 Å². The van der Waals surface area contributed by atoms with E-state index in [4.69, 9.17) is 21.1 Å². The fourth-order valence-corrected chi connectivity index (χ4v) is 3.79. The predicted octanol–water partition coefficient (Wildman–Crippen LogP) is 5.14. The molecule has 0 spiro atoms. The highest BCUT2D eigenvalue weighted by atomic mass is 35.5. The number of thiophene rings is 1. The van der Waals surface area contributed by atoms with Crippen molar-refractivity contribution < 1.29 is 14.3 Å². The summed E-state index contributed by atoms with van der Waals surface area (Å²) in [4.78, 5) is 13.5. The third kappa shape index (κ3) is 5.11. The lowest BCUT2D eigenvalue weighted by molar-refractivity contribution is -0.115. The van der Waals surface area contributed by atoms with Crippen LogP contribution in [0.15, 0.2) is 53.9 Å². The molecule has 0 atom stereocenters. The number of halogens is 1. The van der Waals surface area contributed by atoms with Gasteiger partial charge in [0.1, 0.15) is 0 Å². The van der Waals surface area contributed by atoms with Crippen molar-refractivity contribution in [2.45, 2.75) is 12.8 Å². The average molecular weight is 424 g/mol. The molecular formula is C23H18ClNO3S. The summed E-state index contributed by atoms with van der Waals surface area (Å²) in [6, 6.07) is 15.0. The topological polar surface area (TPSA) is 47.6 Å². The molecule has 0 saturated heterocycles. The van der Waals surface area contributed by atoms with Crippen LogP contribution in [0, 0.1) is 11.8 Å². The zero-order valence-electron chi connectivity index (χ0n) is 15.5. The number of carbonyl (C=O) groups is 1. The molecule has 1 amide bonds. The van der Waals surface area contributed by atoms with Crippen LogP contribution in [0.5, 0.6) is 11.5 Å². The summed E-state index contributed by atoms with van der Waals surface area (Å²) in [5.41, 5.74) is 2.31. The second kappa shape index (κ2) is 9.04. The molecule has 0 fully saturated rings.